The SMILES string of the molecule is CC(C)(C)c1nc(C(=O)Nc2ccc(Br)nc2)n[nH]1. The lowest BCUT2D eigenvalue weighted by molar-refractivity contribution is 0.101. The van der Waals surface area contributed by atoms with Crippen LogP contribution in [0.15, 0.2) is 22.9 Å². The van der Waals surface area contributed by atoms with Crippen molar-refractivity contribution in [1.82, 2.24) is 20.2 Å². The number of hydrogen-bond acceptors (Lipinski definition) is 4. The van der Waals surface area contributed by atoms with Crippen LogP contribution in [-0.2, 0) is 5.41 Å². The Labute approximate surface area is 119 Å². The molecule has 1 amide bonds. The van der Waals surface area contributed by atoms with Crippen LogP contribution in [0, 0.1) is 0 Å². The van der Waals surface area contributed by atoms with Crippen LogP contribution in [0.1, 0.15) is 37.2 Å². The number of aromatic amines is 1. The molecule has 0 saturated carbocycles. The summed E-state index contributed by atoms with van der Waals surface area (Å²) in [6.45, 7) is 5.98. The zero-order valence-electron chi connectivity index (χ0n) is 10.9. The molecule has 0 saturated heterocycles. The maximum Gasteiger partial charge on any atom is 0.295 e. The number of halogens is 1. The van der Waals surface area contributed by atoms with Gasteiger partial charge >= 0.3 is 0 Å². The van der Waals surface area contributed by atoms with Crippen molar-refractivity contribution in [2.75, 3.05) is 5.32 Å². The van der Waals surface area contributed by atoms with Gasteiger partial charge in [0.15, 0.2) is 0 Å². The minimum absolute atomic E-state index is 0.118. The largest absolute Gasteiger partial charge is 0.318 e. The molecular formula is C12H14BrN5O. The molecular weight excluding hydrogens is 310 g/mol. The molecule has 0 aliphatic heterocycles. The molecule has 19 heavy (non-hydrogen) atoms. The van der Waals surface area contributed by atoms with E-state index in [1.54, 1.807) is 18.3 Å². The lowest BCUT2D eigenvalue weighted by atomic mass is 9.96. The second-order valence-corrected chi connectivity index (χ2v) is 5.89. The molecule has 0 spiro atoms. The molecule has 2 N–H and O–H groups in total. The Morgan fingerprint density at radius 3 is 2.63 bits per heavy atom. The average molecular weight is 324 g/mol. The van der Waals surface area contributed by atoms with Crippen LogP contribution in [0.5, 0.6) is 0 Å². The van der Waals surface area contributed by atoms with Crippen molar-refractivity contribution in [3.05, 3.63) is 34.6 Å². The van der Waals surface area contributed by atoms with Crippen LogP contribution in [0.4, 0.5) is 5.69 Å². The van der Waals surface area contributed by atoms with Gasteiger partial charge in [0.2, 0.25) is 5.82 Å². The average Bonchev–Trinajstić information content (AvgIpc) is 2.81. The van der Waals surface area contributed by atoms with Crippen LogP contribution in [-0.4, -0.2) is 26.1 Å². The molecule has 0 bridgehead atoms. The fourth-order valence-electron chi connectivity index (χ4n) is 1.34. The van der Waals surface area contributed by atoms with Crippen molar-refractivity contribution < 1.29 is 4.79 Å². The number of carbonyl (C=O) groups is 1. The van der Waals surface area contributed by atoms with Crippen molar-refractivity contribution in [3.8, 4) is 0 Å². The summed E-state index contributed by atoms with van der Waals surface area (Å²) in [7, 11) is 0. The van der Waals surface area contributed by atoms with Crippen LogP contribution >= 0.6 is 15.9 Å². The second kappa shape index (κ2) is 5.08. The number of carbonyl (C=O) groups excluding carboxylic acids is 1. The van der Waals surface area contributed by atoms with Gasteiger partial charge in [0.25, 0.3) is 5.91 Å². The first-order chi connectivity index (χ1) is 8.86. The molecule has 0 fully saturated rings. The Morgan fingerprint density at radius 1 is 1.37 bits per heavy atom. The fourth-order valence-corrected chi connectivity index (χ4v) is 1.57. The van der Waals surface area contributed by atoms with E-state index in [-0.39, 0.29) is 17.1 Å². The first-order valence-corrected chi connectivity index (χ1v) is 6.51. The third-order valence-electron chi connectivity index (χ3n) is 2.38. The molecule has 2 rings (SSSR count). The Hall–Kier alpha value is -1.76. The van der Waals surface area contributed by atoms with Crippen molar-refractivity contribution in [3.63, 3.8) is 0 Å². The molecule has 0 aliphatic carbocycles. The Kier molecular flexibility index (Phi) is 3.66. The van der Waals surface area contributed by atoms with E-state index in [9.17, 15) is 4.79 Å². The smallest absolute Gasteiger partial charge is 0.295 e. The zero-order chi connectivity index (χ0) is 14.0. The highest BCUT2D eigenvalue weighted by Crippen LogP contribution is 2.17. The van der Waals surface area contributed by atoms with Crippen molar-refractivity contribution >= 4 is 27.5 Å². The highest BCUT2D eigenvalue weighted by Gasteiger charge is 2.21. The van der Waals surface area contributed by atoms with E-state index in [4.69, 9.17) is 0 Å². The normalized spacial score (nSPS) is 11.4. The maximum absolute atomic E-state index is 11.9. The second-order valence-electron chi connectivity index (χ2n) is 5.08. The van der Waals surface area contributed by atoms with E-state index < -0.39 is 0 Å². The number of hydrogen-bond donors (Lipinski definition) is 2. The molecule has 2 aromatic rings. The number of H-pyrrole nitrogens is 1. The minimum atomic E-state index is -0.365. The number of aromatic nitrogens is 4. The third-order valence-corrected chi connectivity index (χ3v) is 2.85. The summed E-state index contributed by atoms with van der Waals surface area (Å²) < 4.78 is 0.707. The summed E-state index contributed by atoms with van der Waals surface area (Å²) in [4.78, 5) is 20.2. The summed E-state index contributed by atoms with van der Waals surface area (Å²) in [5, 5.41) is 9.38. The number of pyridine rings is 1. The summed E-state index contributed by atoms with van der Waals surface area (Å²) in [6, 6.07) is 3.49. The van der Waals surface area contributed by atoms with E-state index in [0.717, 1.165) is 0 Å². The van der Waals surface area contributed by atoms with Gasteiger partial charge in [0, 0.05) is 5.41 Å². The van der Waals surface area contributed by atoms with Gasteiger partial charge in [-0.25, -0.2) is 9.97 Å². The monoisotopic (exact) mass is 323 g/mol. The molecule has 0 atom stereocenters. The van der Waals surface area contributed by atoms with Gasteiger partial charge in [0.1, 0.15) is 10.4 Å². The standard InChI is InChI=1S/C12H14BrN5O/c1-12(2,3)11-16-9(17-18-11)10(19)15-7-4-5-8(13)14-6-7/h4-6H,1-3H3,(H,15,19)(H,16,17,18). The van der Waals surface area contributed by atoms with Gasteiger partial charge < -0.3 is 5.32 Å². The van der Waals surface area contributed by atoms with Crippen molar-refractivity contribution in [2.45, 2.75) is 26.2 Å². The molecule has 0 radical (unpaired) electrons. The fraction of sp³-hybridized carbons (Fsp3) is 0.333. The predicted molar refractivity (Wildman–Crippen MR) is 75.0 cm³/mol. The minimum Gasteiger partial charge on any atom is -0.318 e. The number of anilines is 1. The van der Waals surface area contributed by atoms with E-state index in [0.29, 0.717) is 16.1 Å². The Morgan fingerprint density at radius 2 is 2.11 bits per heavy atom. The van der Waals surface area contributed by atoms with Crippen molar-refractivity contribution in [2.24, 2.45) is 0 Å². The summed E-state index contributed by atoms with van der Waals surface area (Å²) in [5.41, 5.74) is 0.417. The van der Waals surface area contributed by atoms with Gasteiger partial charge in [0.05, 0.1) is 11.9 Å². The van der Waals surface area contributed by atoms with Gasteiger partial charge in [-0.1, -0.05) is 20.8 Å². The lowest BCUT2D eigenvalue weighted by Crippen LogP contribution is -2.16. The Balaban J connectivity index is 2.12. The van der Waals surface area contributed by atoms with Crippen LogP contribution in [0.25, 0.3) is 0 Å². The zero-order valence-corrected chi connectivity index (χ0v) is 12.4. The number of amides is 1. The van der Waals surface area contributed by atoms with E-state index in [1.807, 2.05) is 20.8 Å². The highest BCUT2D eigenvalue weighted by atomic mass is 79.9. The molecule has 100 valence electrons. The molecule has 0 aromatic carbocycles. The molecule has 0 unspecified atom stereocenters. The molecule has 0 aliphatic rings. The van der Waals surface area contributed by atoms with E-state index in [2.05, 4.69) is 41.4 Å². The predicted octanol–water partition coefficient (Wildman–Crippen LogP) is 2.51. The first-order valence-electron chi connectivity index (χ1n) is 5.72. The quantitative estimate of drug-likeness (QED) is 0.832. The third kappa shape index (κ3) is 3.37. The van der Waals surface area contributed by atoms with Gasteiger partial charge in [-0.3, -0.25) is 9.89 Å². The van der Waals surface area contributed by atoms with Crippen LogP contribution in [0.2, 0.25) is 0 Å². The Bertz CT molecular complexity index is 585. The highest BCUT2D eigenvalue weighted by molar-refractivity contribution is 9.10. The van der Waals surface area contributed by atoms with Crippen LogP contribution < -0.4 is 5.32 Å². The molecule has 2 aromatic heterocycles. The number of nitrogens with one attached hydrogen (secondary N) is 2. The summed E-state index contributed by atoms with van der Waals surface area (Å²) in [6.07, 6.45) is 1.55. The molecule has 6 nitrogen and oxygen atoms in total. The lowest BCUT2D eigenvalue weighted by Gasteiger charge is -2.12. The first kappa shape index (κ1) is 13.7. The van der Waals surface area contributed by atoms with Gasteiger partial charge in [-0.05, 0) is 28.1 Å². The van der Waals surface area contributed by atoms with Gasteiger partial charge in [-0.2, -0.15) is 0 Å². The number of nitrogens with zero attached hydrogens (tertiary/aromatic N) is 3. The topological polar surface area (TPSA) is 83.6 Å². The summed E-state index contributed by atoms with van der Waals surface area (Å²) in [5.74, 6) is 0.426. The van der Waals surface area contributed by atoms with Crippen LogP contribution in [0.3, 0.4) is 0 Å². The van der Waals surface area contributed by atoms with Crippen molar-refractivity contribution in [1.29, 1.82) is 0 Å². The maximum atomic E-state index is 11.9. The van der Waals surface area contributed by atoms with E-state index in [1.165, 1.54) is 0 Å². The molecule has 2 heterocycles. The number of rotatable bonds is 2. The van der Waals surface area contributed by atoms with E-state index >= 15 is 0 Å². The summed E-state index contributed by atoms with van der Waals surface area (Å²) >= 11 is 3.23. The molecule has 7 heteroatoms. The van der Waals surface area contributed by atoms with Gasteiger partial charge in [-0.15, -0.1) is 5.10 Å².